The van der Waals surface area contributed by atoms with E-state index in [1.807, 2.05) is 0 Å². The number of ether oxygens (including phenoxy) is 1. The highest BCUT2D eigenvalue weighted by Gasteiger charge is 2.41. The van der Waals surface area contributed by atoms with Crippen molar-refractivity contribution < 1.29 is 19.1 Å². The summed E-state index contributed by atoms with van der Waals surface area (Å²) in [4.78, 5) is 41.6. The number of nitrogens with two attached hydrogens (primary N) is 1. The Balaban J connectivity index is 1.89. The van der Waals surface area contributed by atoms with Crippen LogP contribution in [0.5, 0.6) is 5.75 Å². The Labute approximate surface area is 189 Å². The lowest BCUT2D eigenvalue weighted by Gasteiger charge is -2.42. The van der Waals surface area contributed by atoms with E-state index in [1.165, 1.54) is 28.0 Å². The van der Waals surface area contributed by atoms with Crippen LogP contribution in [0.4, 0.5) is 4.79 Å². The fourth-order valence-corrected chi connectivity index (χ4v) is 3.54. The number of rotatable bonds is 5. The number of nitrogens with one attached hydrogen (secondary N) is 1. The average molecular weight is 465 g/mol. The predicted octanol–water partition coefficient (Wildman–Crippen LogP) is 2.74. The van der Waals surface area contributed by atoms with Gasteiger partial charge < -0.3 is 20.7 Å². The Hall–Kier alpha value is -2.81. The molecule has 0 bridgehead atoms. The maximum atomic E-state index is 13.2. The van der Waals surface area contributed by atoms with E-state index in [2.05, 4.69) is 5.32 Å². The van der Waals surface area contributed by atoms with Crippen molar-refractivity contribution in [2.45, 2.75) is 12.6 Å². The zero-order valence-electron chi connectivity index (χ0n) is 16.6. The molecule has 3 amide bonds. The van der Waals surface area contributed by atoms with Crippen molar-refractivity contribution in [3.05, 3.63) is 64.1 Å². The van der Waals surface area contributed by atoms with Gasteiger partial charge in [0, 0.05) is 31.7 Å². The Bertz CT molecular complexity index is 958. The van der Waals surface area contributed by atoms with Crippen LogP contribution in [-0.2, 0) is 4.79 Å². The van der Waals surface area contributed by atoms with E-state index in [0.717, 1.165) is 0 Å². The Kier molecular flexibility index (Phi) is 7.73. The summed E-state index contributed by atoms with van der Waals surface area (Å²) in [6, 6.07) is 13.0. The molecule has 3 N–H and O–H groups in total. The molecule has 10 heteroatoms. The summed E-state index contributed by atoms with van der Waals surface area (Å²) in [5.74, 6) is -0.645. The molecule has 164 valence electrons. The maximum absolute atomic E-state index is 13.2. The first kappa shape index (κ1) is 22.9. The lowest BCUT2D eigenvalue weighted by Crippen LogP contribution is -2.64. The SMILES string of the molecule is NCCNC(=O)C1N(C(=O)Oc2ccccc2)CCCN1C(=O)c1ccc(Cl)c(Cl)c1. The van der Waals surface area contributed by atoms with Crippen molar-refractivity contribution in [3.8, 4) is 5.75 Å². The number of nitrogens with zero attached hydrogens (tertiary/aromatic N) is 2. The van der Waals surface area contributed by atoms with Crippen molar-refractivity contribution in [2.75, 3.05) is 26.2 Å². The number of para-hydroxylation sites is 1. The minimum Gasteiger partial charge on any atom is -0.410 e. The molecule has 3 rings (SSSR count). The summed E-state index contributed by atoms with van der Waals surface area (Å²) in [6.07, 6.45) is -1.46. The third kappa shape index (κ3) is 5.46. The van der Waals surface area contributed by atoms with Crippen molar-refractivity contribution in [2.24, 2.45) is 5.73 Å². The van der Waals surface area contributed by atoms with Crippen LogP contribution in [0, 0.1) is 0 Å². The van der Waals surface area contributed by atoms with Crippen molar-refractivity contribution in [1.29, 1.82) is 0 Å². The van der Waals surface area contributed by atoms with E-state index in [4.69, 9.17) is 33.7 Å². The zero-order chi connectivity index (χ0) is 22.4. The van der Waals surface area contributed by atoms with Crippen LogP contribution in [0.25, 0.3) is 0 Å². The zero-order valence-corrected chi connectivity index (χ0v) is 18.1. The third-order valence-electron chi connectivity index (χ3n) is 4.68. The van der Waals surface area contributed by atoms with Crippen LogP contribution in [0.1, 0.15) is 16.8 Å². The number of hydrogen-bond acceptors (Lipinski definition) is 5. The second-order valence-corrected chi connectivity index (χ2v) is 7.62. The minimum atomic E-state index is -1.20. The maximum Gasteiger partial charge on any atom is 0.417 e. The first-order valence-corrected chi connectivity index (χ1v) is 10.4. The number of carbonyl (C=O) groups is 3. The second kappa shape index (κ2) is 10.5. The Morgan fingerprint density at radius 3 is 2.42 bits per heavy atom. The van der Waals surface area contributed by atoms with Gasteiger partial charge in [-0.2, -0.15) is 0 Å². The highest BCUT2D eigenvalue weighted by Crippen LogP contribution is 2.25. The summed E-state index contributed by atoms with van der Waals surface area (Å²) < 4.78 is 5.41. The second-order valence-electron chi connectivity index (χ2n) is 6.81. The molecule has 1 unspecified atom stereocenters. The molecule has 1 aliphatic rings. The van der Waals surface area contributed by atoms with Crippen molar-refractivity contribution in [1.82, 2.24) is 15.1 Å². The molecule has 1 fully saturated rings. The summed E-state index contributed by atoms with van der Waals surface area (Å²) in [5.41, 5.74) is 5.75. The van der Waals surface area contributed by atoms with Gasteiger partial charge in [-0.15, -0.1) is 0 Å². The number of amides is 3. The molecule has 0 saturated carbocycles. The molecule has 0 aromatic heterocycles. The van der Waals surface area contributed by atoms with Gasteiger partial charge in [0.1, 0.15) is 5.75 Å². The molecular formula is C21H22Cl2N4O4. The quantitative estimate of drug-likeness (QED) is 0.707. The smallest absolute Gasteiger partial charge is 0.410 e. The lowest BCUT2D eigenvalue weighted by molar-refractivity contribution is -0.132. The van der Waals surface area contributed by atoms with E-state index in [1.54, 1.807) is 30.3 Å². The van der Waals surface area contributed by atoms with Gasteiger partial charge in [0.15, 0.2) is 6.17 Å². The molecule has 0 aliphatic carbocycles. The lowest BCUT2D eigenvalue weighted by atomic mass is 10.1. The molecule has 8 nitrogen and oxygen atoms in total. The fraction of sp³-hybridized carbons (Fsp3) is 0.286. The van der Waals surface area contributed by atoms with Crippen molar-refractivity contribution in [3.63, 3.8) is 0 Å². The first-order chi connectivity index (χ1) is 14.9. The van der Waals surface area contributed by atoms with Crippen LogP contribution in [0.3, 0.4) is 0 Å². The van der Waals surface area contributed by atoms with Gasteiger partial charge in [-0.25, -0.2) is 4.79 Å². The third-order valence-corrected chi connectivity index (χ3v) is 5.42. The molecule has 2 aromatic carbocycles. The van der Waals surface area contributed by atoms with Crippen LogP contribution < -0.4 is 15.8 Å². The number of benzene rings is 2. The normalized spacial score (nSPS) is 16.0. The average Bonchev–Trinajstić information content (AvgIpc) is 2.79. The minimum absolute atomic E-state index is 0.200. The largest absolute Gasteiger partial charge is 0.417 e. The van der Waals surface area contributed by atoms with Gasteiger partial charge in [-0.05, 0) is 36.8 Å². The summed E-state index contributed by atoms with van der Waals surface area (Å²) in [7, 11) is 0. The van der Waals surface area contributed by atoms with Gasteiger partial charge in [-0.3, -0.25) is 14.5 Å². The topological polar surface area (TPSA) is 105 Å². The summed E-state index contributed by atoms with van der Waals surface area (Å²) in [6.45, 7) is 0.936. The molecule has 31 heavy (non-hydrogen) atoms. The molecule has 0 radical (unpaired) electrons. The van der Waals surface area contributed by atoms with E-state index >= 15 is 0 Å². The van der Waals surface area contributed by atoms with Gasteiger partial charge >= 0.3 is 6.09 Å². The number of hydrogen-bond donors (Lipinski definition) is 2. The molecule has 1 aliphatic heterocycles. The van der Waals surface area contributed by atoms with Gasteiger partial charge in [0.25, 0.3) is 11.8 Å². The molecule has 1 atom stereocenters. The van der Waals surface area contributed by atoms with Crippen LogP contribution in [0.15, 0.2) is 48.5 Å². The van der Waals surface area contributed by atoms with E-state index in [-0.39, 0.29) is 36.8 Å². The number of carbonyl (C=O) groups excluding carboxylic acids is 3. The summed E-state index contributed by atoms with van der Waals surface area (Å²) >= 11 is 12.0. The van der Waals surface area contributed by atoms with Gasteiger partial charge in [0.2, 0.25) is 0 Å². The van der Waals surface area contributed by atoms with Gasteiger partial charge in [-0.1, -0.05) is 41.4 Å². The highest BCUT2D eigenvalue weighted by molar-refractivity contribution is 6.42. The fourth-order valence-electron chi connectivity index (χ4n) is 3.24. The van der Waals surface area contributed by atoms with Crippen molar-refractivity contribution >= 4 is 41.1 Å². The predicted molar refractivity (Wildman–Crippen MR) is 117 cm³/mol. The molecule has 0 spiro atoms. The molecule has 2 aromatic rings. The van der Waals surface area contributed by atoms with E-state index in [9.17, 15) is 14.4 Å². The molecular weight excluding hydrogens is 443 g/mol. The van der Waals surface area contributed by atoms with Crippen LogP contribution >= 0.6 is 23.2 Å². The van der Waals surface area contributed by atoms with Crippen LogP contribution in [0.2, 0.25) is 10.0 Å². The number of halogens is 2. The standard InChI is InChI=1S/C21H22Cl2N4O4/c22-16-8-7-14(13-17(16)23)20(29)26-11-4-12-27(19(26)18(28)25-10-9-24)21(30)31-15-5-2-1-3-6-15/h1-3,5-8,13,19H,4,9-12,24H2,(H,25,28). The monoisotopic (exact) mass is 464 g/mol. The first-order valence-electron chi connectivity index (χ1n) is 9.69. The Morgan fingerprint density at radius 2 is 1.74 bits per heavy atom. The molecule has 1 saturated heterocycles. The Morgan fingerprint density at radius 1 is 1.03 bits per heavy atom. The highest BCUT2D eigenvalue weighted by atomic mass is 35.5. The van der Waals surface area contributed by atoms with E-state index in [0.29, 0.717) is 17.2 Å². The van der Waals surface area contributed by atoms with Crippen LogP contribution in [-0.4, -0.2) is 60.1 Å². The molecule has 1 heterocycles. The summed E-state index contributed by atoms with van der Waals surface area (Å²) in [5, 5.41) is 3.18. The van der Waals surface area contributed by atoms with Gasteiger partial charge in [0.05, 0.1) is 10.0 Å². The van der Waals surface area contributed by atoms with E-state index < -0.39 is 24.1 Å².